The van der Waals surface area contributed by atoms with Crippen molar-refractivity contribution in [2.45, 2.75) is 76.4 Å². The SMILES string of the molecule is Cc1cccc(CN(C(=O)CN(c2cc(C)ccc2C)S(=O)(=O)c2ccccc2)[C@H](Cc2ccccc2)C(=O)NC2CCCC2)c1. The predicted molar refractivity (Wildman–Crippen MR) is 183 cm³/mol. The van der Waals surface area contributed by atoms with Crippen molar-refractivity contribution in [1.29, 1.82) is 0 Å². The third-order valence-corrected chi connectivity index (χ3v) is 10.4. The van der Waals surface area contributed by atoms with Crippen molar-refractivity contribution in [2.75, 3.05) is 10.8 Å². The van der Waals surface area contributed by atoms with Crippen LogP contribution in [-0.2, 0) is 32.6 Å². The van der Waals surface area contributed by atoms with Gasteiger partial charge in [-0.3, -0.25) is 13.9 Å². The average molecular weight is 638 g/mol. The normalized spacial score (nSPS) is 14.1. The van der Waals surface area contributed by atoms with Crippen molar-refractivity contribution < 1.29 is 18.0 Å². The number of amides is 2. The number of carbonyl (C=O) groups excluding carboxylic acids is 2. The molecule has 1 aliphatic rings. The van der Waals surface area contributed by atoms with Crippen molar-refractivity contribution in [3.63, 3.8) is 0 Å². The lowest BCUT2D eigenvalue weighted by Crippen LogP contribution is -2.54. The molecular weight excluding hydrogens is 595 g/mol. The minimum Gasteiger partial charge on any atom is -0.352 e. The quantitative estimate of drug-likeness (QED) is 0.192. The Kier molecular flexibility index (Phi) is 10.6. The molecule has 4 aromatic rings. The van der Waals surface area contributed by atoms with Crippen molar-refractivity contribution in [3.8, 4) is 0 Å². The summed E-state index contributed by atoms with van der Waals surface area (Å²) in [5, 5.41) is 3.22. The molecule has 46 heavy (non-hydrogen) atoms. The highest BCUT2D eigenvalue weighted by atomic mass is 32.2. The summed E-state index contributed by atoms with van der Waals surface area (Å²) in [6, 6.07) is 30.5. The van der Waals surface area contributed by atoms with Gasteiger partial charge in [-0.25, -0.2) is 8.42 Å². The summed E-state index contributed by atoms with van der Waals surface area (Å²) in [4.78, 5) is 30.5. The van der Waals surface area contributed by atoms with Gasteiger partial charge in [0.1, 0.15) is 12.6 Å². The fourth-order valence-electron chi connectivity index (χ4n) is 6.15. The number of aryl methyl sites for hydroxylation is 3. The number of nitrogens with zero attached hydrogens (tertiary/aromatic N) is 2. The predicted octanol–water partition coefficient (Wildman–Crippen LogP) is 6.51. The van der Waals surface area contributed by atoms with Gasteiger partial charge < -0.3 is 10.2 Å². The number of hydrogen-bond acceptors (Lipinski definition) is 4. The second-order valence-electron chi connectivity index (χ2n) is 12.3. The standard InChI is InChI=1S/C38H43N3O4S/c1-28-13-12-16-32(23-28)26-40(36(25-31-14-6-4-7-15-31)38(43)39-33-17-10-11-18-33)37(42)27-41(35-24-29(2)21-22-30(35)3)46(44,45)34-19-8-5-9-20-34/h4-9,12-16,19-24,33,36H,10-11,17-18,25-27H2,1-3H3,(H,39,43)/t36-/m1/s1. The van der Waals surface area contributed by atoms with Crippen molar-refractivity contribution >= 4 is 27.5 Å². The van der Waals surface area contributed by atoms with E-state index >= 15 is 0 Å². The number of sulfonamides is 1. The third kappa shape index (κ3) is 8.04. The Hall–Kier alpha value is -4.43. The molecule has 0 bridgehead atoms. The Balaban J connectivity index is 1.58. The van der Waals surface area contributed by atoms with E-state index in [0.29, 0.717) is 12.1 Å². The van der Waals surface area contributed by atoms with E-state index in [0.717, 1.165) is 53.5 Å². The summed E-state index contributed by atoms with van der Waals surface area (Å²) < 4.78 is 29.7. The molecule has 0 spiro atoms. The lowest BCUT2D eigenvalue weighted by atomic mass is 10.0. The summed E-state index contributed by atoms with van der Waals surface area (Å²) in [5.41, 5.74) is 4.84. The van der Waals surface area contributed by atoms with E-state index in [1.54, 1.807) is 29.2 Å². The van der Waals surface area contributed by atoms with Gasteiger partial charge in [0.15, 0.2) is 0 Å². The van der Waals surface area contributed by atoms with Gasteiger partial charge in [0, 0.05) is 19.0 Å². The fourth-order valence-corrected chi connectivity index (χ4v) is 7.64. The second kappa shape index (κ2) is 14.8. The van der Waals surface area contributed by atoms with Gasteiger partial charge in [-0.05, 0) is 74.1 Å². The highest BCUT2D eigenvalue weighted by Gasteiger charge is 2.36. The minimum absolute atomic E-state index is 0.0617. The molecular formula is C38H43N3O4S. The van der Waals surface area contributed by atoms with Crippen LogP contribution in [0.5, 0.6) is 0 Å². The zero-order chi connectivity index (χ0) is 32.7. The van der Waals surface area contributed by atoms with Crippen LogP contribution in [0.2, 0.25) is 0 Å². The second-order valence-corrected chi connectivity index (χ2v) is 14.2. The average Bonchev–Trinajstić information content (AvgIpc) is 3.56. The van der Waals surface area contributed by atoms with Crippen LogP contribution in [-0.4, -0.2) is 43.8 Å². The highest BCUT2D eigenvalue weighted by molar-refractivity contribution is 7.92. The van der Waals surface area contributed by atoms with Crippen LogP contribution in [0, 0.1) is 20.8 Å². The Labute approximate surface area is 273 Å². The zero-order valence-electron chi connectivity index (χ0n) is 26.9. The van der Waals surface area contributed by atoms with Crippen LogP contribution in [0.15, 0.2) is 108 Å². The van der Waals surface area contributed by atoms with Crippen molar-refractivity contribution in [2.24, 2.45) is 0 Å². The minimum atomic E-state index is -4.14. The van der Waals surface area contributed by atoms with Crippen molar-refractivity contribution in [3.05, 3.63) is 131 Å². The maximum atomic E-state index is 14.7. The van der Waals surface area contributed by atoms with Crippen LogP contribution >= 0.6 is 0 Å². The zero-order valence-corrected chi connectivity index (χ0v) is 27.7. The molecule has 1 fully saturated rings. The molecule has 2 amide bonds. The molecule has 1 saturated carbocycles. The summed E-state index contributed by atoms with van der Waals surface area (Å²) in [7, 11) is -4.14. The van der Waals surface area contributed by atoms with Crippen LogP contribution in [0.3, 0.4) is 0 Å². The molecule has 240 valence electrons. The Morgan fingerprint density at radius 3 is 2.09 bits per heavy atom. The Morgan fingerprint density at radius 1 is 0.783 bits per heavy atom. The van der Waals surface area contributed by atoms with Crippen LogP contribution in [0.1, 0.15) is 53.5 Å². The van der Waals surface area contributed by atoms with Gasteiger partial charge in [-0.15, -0.1) is 0 Å². The molecule has 0 aliphatic heterocycles. The maximum Gasteiger partial charge on any atom is 0.264 e. The molecule has 1 aliphatic carbocycles. The Morgan fingerprint density at radius 2 is 1.41 bits per heavy atom. The molecule has 0 aromatic heterocycles. The van der Waals surface area contributed by atoms with Gasteiger partial charge in [-0.1, -0.05) is 103 Å². The molecule has 0 radical (unpaired) electrons. The molecule has 7 nitrogen and oxygen atoms in total. The molecule has 8 heteroatoms. The van der Waals surface area contributed by atoms with Crippen LogP contribution in [0.25, 0.3) is 0 Å². The number of nitrogens with one attached hydrogen (secondary N) is 1. The third-order valence-electron chi connectivity index (χ3n) is 8.65. The Bertz CT molecular complexity index is 1750. The van der Waals surface area contributed by atoms with Gasteiger partial charge in [0.25, 0.3) is 10.0 Å². The van der Waals surface area contributed by atoms with E-state index in [9.17, 15) is 18.0 Å². The lowest BCUT2D eigenvalue weighted by molar-refractivity contribution is -0.140. The van der Waals surface area contributed by atoms with Gasteiger partial charge >= 0.3 is 0 Å². The largest absolute Gasteiger partial charge is 0.352 e. The van der Waals surface area contributed by atoms with E-state index in [2.05, 4.69) is 5.32 Å². The monoisotopic (exact) mass is 637 g/mol. The molecule has 5 rings (SSSR count). The van der Waals surface area contributed by atoms with Crippen molar-refractivity contribution in [1.82, 2.24) is 10.2 Å². The van der Waals surface area contributed by atoms with E-state index in [1.807, 2.05) is 87.5 Å². The summed E-state index contributed by atoms with van der Waals surface area (Å²) >= 11 is 0. The summed E-state index contributed by atoms with van der Waals surface area (Å²) in [6.45, 7) is 5.41. The summed E-state index contributed by atoms with van der Waals surface area (Å²) in [6.07, 6.45) is 4.23. The number of hydrogen-bond donors (Lipinski definition) is 1. The van der Waals surface area contributed by atoms with E-state index in [1.165, 1.54) is 16.4 Å². The fraction of sp³-hybridized carbons (Fsp3) is 0.316. The first-order valence-electron chi connectivity index (χ1n) is 16.0. The molecule has 1 atom stereocenters. The first-order valence-corrected chi connectivity index (χ1v) is 17.4. The van der Waals surface area contributed by atoms with Gasteiger partial charge in [0.05, 0.1) is 10.6 Å². The van der Waals surface area contributed by atoms with Gasteiger partial charge in [0.2, 0.25) is 11.8 Å². The van der Waals surface area contributed by atoms with Gasteiger partial charge in [-0.2, -0.15) is 0 Å². The number of benzene rings is 4. The van der Waals surface area contributed by atoms with Crippen LogP contribution < -0.4 is 9.62 Å². The first kappa shape index (κ1) is 32.9. The lowest BCUT2D eigenvalue weighted by Gasteiger charge is -2.34. The molecule has 0 saturated heterocycles. The first-order chi connectivity index (χ1) is 22.1. The molecule has 4 aromatic carbocycles. The number of rotatable bonds is 12. The molecule has 0 unspecified atom stereocenters. The molecule has 1 N–H and O–H groups in total. The number of anilines is 1. The van der Waals surface area contributed by atoms with Crippen LogP contribution in [0.4, 0.5) is 5.69 Å². The molecule has 0 heterocycles. The maximum absolute atomic E-state index is 14.7. The topological polar surface area (TPSA) is 86.8 Å². The number of carbonyl (C=O) groups is 2. The van der Waals surface area contributed by atoms with E-state index in [-0.39, 0.29) is 23.4 Å². The highest BCUT2D eigenvalue weighted by Crippen LogP contribution is 2.29. The van der Waals surface area contributed by atoms with E-state index < -0.39 is 28.5 Å². The smallest absolute Gasteiger partial charge is 0.264 e. The van der Waals surface area contributed by atoms with E-state index in [4.69, 9.17) is 0 Å². The summed E-state index contributed by atoms with van der Waals surface area (Å²) in [5.74, 6) is -0.676.